The van der Waals surface area contributed by atoms with Crippen LogP contribution in [0.2, 0.25) is 0 Å². The van der Waals surface area contributed by atoms with Crippen molar-refractivity contribution in [2.75, 3.05) is 42.5 Å². The first kappa shape index (κ1) is 17.0. The molecule has 0 bridgehead atoms. The number of piperazine rings is 1. The molecule has 1 atom stereocenters. The third-order valence-electron chi connectivity index (χ3n) is 4.88. The van der Waals surface area contributed by atoms with Crippen LogP contribution < -0.4 is 9.80 Å². The maximum atomic E-state index is 13.4. The topological polar surface area (TPSA) is 56.8 Å². The molecule has 1 aromatic heterocycles. The Balaban J connectivity index is 1.38. The Labute approximate surface area is 154 Å². The molecule has 2 amide bonds. The van der Waals surface area contributed by atoms with Crippen LogP contribution in [-0.2, 0) is 9.59 Å². The van der Waals surface area contributed by atoms with Crippen LogP contribution in [0.3, 0.4) is 0 Å². The lowest BCUT2D eigenvalue weighted by atomic mass is 10.1. The number of carbonyl (C=O) groups excluding carboxylic acids is 2. The molecule has 26 heavy (non-hydrogen) atoms. The molecule has 0 saturated carbocycles. The summed E-state index contributed by atoms with van der Waals surface area (Å²) in [6.45, 7) is 3.06. The number of aromatic nitrogens is 1. The number of thiazole rings is 1. The largest absolute Gasteiger partial charge is 0.345 e. The second-order valence-electron chi connectivity index (χ2n) is 6.51. The molecular formula is C18H19FN4O2S. The number of carbonyl (C=O) groups is 2. The predicted octanol–water partition coefficient (Wildman–Crippen LogP) is 1.98. The average molecular weight is 374 g/mol. The SMILES string of the molecule is O=C(C1CC(=O)N(c2cccc(F)c2)C1)N1CCN(c2nccs2)CC1. The third-order valence-corrected chi connectivity index (χ3v) is 5.71. The fourth-order valence-corrected chi connectivity index (χ4v) is 4.21. The molecule has 2 fully saturated rings. The first-order valence-electron chi connectivity index (χ1n) is 8.61. The van der Waals surface area contributed by atoms with E-state index in [1.807, 2.05) is 10.3 Å². The molecular weight excluding hydrogens is 355 g/mol. The summed E-state index contributed by atoms with van der Waals surface area (Å²) in [5, 5.41) is 2.92. The van der Waals surface area contributed by atoms with Gasteiger partial charge in [0, 0.05) is 56.4 Å². The van der Waals surface area contributed by atoms with E-state index in [2.05, 4.69) is 9.88 Å². The van der Waals surface area contributed by atoms with E-state index in [4.69, 9.17) is 0 Å². The summed E-state index contributed by atoms with van der Waals surface area (Å²) in [5.41, 5.74) is 0.513. The summed E-state index contributed by atoms with van der Waals surface area (Å²) in [7, 11) is 0. The van der Waals surface area contributed by atoms with Gasteiger partial charge in [0.25, 0.3) is 0 Å². The zero-order valence-corrected chi connectivity index (χ0v) is 15.0. The normalized spacial score (nSPS) is 20.7. The highest BCUT2D eigenvalue weighted by molar-refractivity contribution is 7.13. The molecule has 6 nitrogen and oxygen atoms in total. The van der Waals surface area contributed by atoms with Crippen LogP contribution in [0.15, 0.2) is 35.8 Å². The molecule has 136 valence electrons. The zero-order valence-electron chi connectivity index (χ0n) is 14.2. The Morgan fingerprint density at radius 1 is 1.23 bits per heavy atom. The summed E-state index contributed by atoms with van der Waals surface area (Å²) in [4.78, 5) is 35.0. The molecule has 2 saturated heterocycles. The van der Waals surface area contributed by atoms with E-state index in [0.29, 0.717) is 25.3 Å². The van der Waals surface area contributed by atoms with Crippen molar-refractivity contribution in [2.45, 2.75) is 6.42 Å². The summed E-state index contributed by atoms with van der Waals surface area (Å²) in [5.74, 6) is -0.869. The molecule has 2 aromatic rings. The van der Waals surface area contributed by atoms with E-state index < -0.39 is 0 Å². The lowest BCUT2D eigenvalue weighted by molar-refractivity contribution is -0.136. The molecule has 0 N–H and O–H groups in total. The summed E-state index contributed by atoms with van der Waals surface area (Å²) >= 11 is 1.59. The fourth-order valence-electron chi connectivity index (χ4n) is 3.51. The van der Waals surface area contributed by atoms with Crippen LogP contribution in [0.4, 0.5) is 15.2 Å². The van der Waals surface area contributed by atoms with E-state index in [-0.39, 0.29) is 30.0 Å². The molecule has 4 rings (SSSR count). The van der Waals surface area contributed by atoms with Crippen molar-refractivity contribution in [3.63, 3.8) is 0 Å². The minimum Gasteiger partial charge on any atom is -0.345 e. The summed E-state index contributed by atoms with van der Waals surface area (Å²) in [6, 6.07) is 5.94. The van der Waals surface area contributed by atoms with Gasteiger partial charge >= 0.3 is 0 Å². The Morgan fingerprint density at radius 3 is 2.73 bits per heavy atom. The molecule has 2 aliphatic rings. The van der Waals surface area contributed by atoms with Crippen molar-refractivity contribution in [2.24, 2.45) is 5.92 Å². The second-order valence-corrected chi connectivity index (χ2v) is 7.39. The van der Waals surface area contributed by atoms with Crippen molar-refractivity contribution in [1.29, 1.82) is 0 Å². The van der Waals surface area contributed by atoms with Crippen LogP contribution in [0.1, 0.15) is 6.42 Å². The summed E-state index contributed by atoms with van der Waals surface area (Å²) < 4.78 is 13.4. The first-order valence-corrected chi connectivity index (χ1v) is 9.49. The van der Waals surface area contributed by atoms with Gasteiger partial charge < -0.3 is 14.7 Å². The fraction of sp³-hybridized carbons (Fsp3) is 0.389. The van der Waals surface area contributed by atoms with Crippen molar-refractivity contribution < 1.29 is 14.0 Å². The smallest absolute Gasteiger partial charge is 0.228 e. The number of benzene rings is 1. The number of hydrogen-bond donors (Lipinski definition) is 0. The summed E-state index contributed by atoms with van der Waals surface area (Å²) in [6.07, 6.45) is 1.96. The van der Waals surface area contributed by atoms with Crippen molar-refractivity contribution in [3.05, 3.63) is 41.7 Å². The monoisotopic (exact) mass is 374 g/mol. The molecule has 1 unspecified atom stereocenters. The van der Waals surface area contributed by atoms with Gasteiger partial charge in [0.2, 0.25) is 11.8 Å². The van der Waals surface area contributed by atoms with Gasteiger partial charge in [-0.15, -0.1) is 11.3 Å². The molecule has 0 radical (unpaired) electrons. The Kier molecular flexibility index (Phi) is 4.58. The van der Waals surface area contributed by atoms with Crippen LogP contribution in [0, 0.1) is 11.7 Å². The van der Waals surface area contributed by atoms with Gasteiger partial charge in [-0.25, -0.2) is 9.37 Å². The van der Waals surface area contributed by atoms with Gasteiger partial charge in [-0.2, -0.15) is 0 Å². The third kappa shape index (κ3) is 3.29. The molecule has 2 aliphatic heterocycles. The van der Waals surface area contributed by atoms with Gasteiger partial charge in [0.1, 0.15) is 5.82 Å². The van der Waals surface area contributed by atoms with Crippen LogP contribution in [0.25, 0.3) is 0 Å². The van der Waals surface area contributed by atoms with Crippen molar-refractivity contribution >= 4 is 34.0 Å². The standard InChI is InChI=1S/C18H19FN4O2S/c19-14-2-1-3-15(11-14)23-12-13(10-16(23)24)17(25)21-5-7-22(8-6-21)18-20-4-9-26-18/h1-4,9,11,13H,5-8,10,12H2. The number of amides is 2. The zero-order chi connectivity index (χ0) is 18.1. The molecule has 0 spiro atoms. The van der Waals surface area contributed by atoms with E-state index in [1.54, 1.807) is 29.7 Å². The minimum absolute atomic E-state index is 0.0102. The van der Waals surface area contributed by atoms with Crippen molar-refractivity contribution in [3.8, 4) is 0 Å². The number of nitrogens with zero attached hydrogens (tertiary/aromatic N) is 4. The minimum atomic E-state index is -0.386. The maximum absolute atomic E-state index is 13.4. The van der Waals surface area contributed by atoms with Crippen LogP contribution in [0.5, 0.6) is 0 Å². The second kappa shape index (κ2) is 7.03. The van der Waals surface area contributed by atoms with E-state index in [0.717, 1.165) is 18.2 Å². The Bertz CT molecular complexity index is 805. The lowest BCUT2D eigenvalue weighted by Crippen LogP contribution is -2.50. The highest BCUT2D eigenvalue weighted by Gasteiger charge is 2.38. The average Bonchev–Trinajstić information content (AvgIpc) is 3.31. The highest BCUT2D eigenvalue weighted by Crippen LogP contribution is 2.27. The highest BCUT2D eigenvalue weighted by atomic mass is 32.1. The molecule has 1 aromatic carbocycles. The van der Waals surface area contributed by atoms with Gasteiger partial charge in [0.05, 0.1) is 5.92 Å². The quantitative estimate of drug-likeness (QED) is 0.824. The van der Waals surface area contributed by atoms with Crippen LogP contribution in [-0.4, -0.2) is 54.4 Å². The van der Waals surface area contributed by atoms with E-state index >= 15 is 0 Å². The number of anilines is 2. The number of halogens is 1. The van der Waals surface area contributed by atoms with Crippen LogP contribution >= 0.6 is 11.3 Å². The van der Waals surface area contributed by atoms with Gasteiger partial charge in [-0.3, -0.25) is 9.59 Å². The van der Waals surface area contributed by atoms with E-state index in [9.17, 15) is 14.0 Å². The van der Waals surface area contributed by atoms with Gasteiger partial charge in [-0.05, 0) is 18.2 Å². The predicted molar refractivity (Wildman–Crippen MR) is 97.8 cm³/mol. The maximum Gasteiger partial charge on any atom is 0.228 e. The lowest BCUT2D eigenvalue weighted by Gasteiger charge is -2.35. The number of rotatable bonds is 3. The van der Waals surface area contributed by atoms with Crippen molar-refractivity contribution in [1.82, 2.24) is 9.88 Å². The number of hydrogen-bond acceptors (Lipinski definition) is 5. The first-order chi connectivity index (χ1) is 12.6. The van der Waals surface area contributed by atoms with Gasteiger partial charge in [-0.1, -0.05) is 6.07 Å². The van der Waals surface area contributed by atoms with E-state index in [1.165, 1.54) is 17.0 Å². The molecule has 3 heterocycles. The van der Waals surface area contributed by atoms with Gasteiger partial charge in [0.15, 0.2) is 5.13 Å². The molecule has 0 aliphatic carbocycles. The Morgan fingerprint density at radius 2 is 2.04 bits per heavy atom. The Hall–Kier alpha value is -2.48. The molecule has 8 heteroatoms.